The lowest BCUT2D eigenvalue weighted by Crippen LogP contribution is -2.16. The molecule has 1 fully saturated rings. The molecule has 4 nitrogen and oxygen atoms in total. The molecule has 5 heteroatoms. The molecular formula is C18H18FNO3. The summed E-state index contributed by atoms with van der Waals surface area (Å²) in [5.74, 6) is -0.135. The monoisotopic (exact) mass is 315 g/mol. The van der Waals surface area contributed by atoms with E-state index in [1.165, 1.54) is 18.2 Å². The van der Waals surface area contributed by atoms with E-state index in [-0.39, 0.29) is 17.6 Å². The molecule has 0 bridgehead atoms. The highest BCUT2D eigenvalue weighted by molar-refractivity contribution is 6.04. The number of carbonyl (C=O) groups is 1. The Morgan fingerprint density at radius 1 is 1.26 bits per heavy atom. The first-order chi connectivity index (χ1) is 11.2. The molecule has 0 saturated carbocycles. The van der Waals surface area contributed by atoms with Crippen LogP contribution in [-0.4, -0.2) is 25.2 Å². The maximum absolute atomic E-state index is 13.2. The smallest absolute Gasteiger partial charge is 0.255 e. The second kappa shape index (κ2) is 7.24. The standard InChI is InChI=1S/C18H18FNO3/c19-14-5-1-4-13(10-14)18(21)20-15-6-2-7-16(11-15)23-12-17-8-3-9-22-17/h1-2,4-7,10-11,17H,3,8-9,12H2,(H,20,21)/t17-/m1/s1. The Kier molecular flexibility index (Phi) is 4.88. The lowest BCUT2D eigenvalue weighted by Gasteiger charge is -2.12. The van der Waals surface area contributed by atoms with Crippen molar-refractivity contribution in [1.82, 2.24) is 0 Å². The molecule has 1 saturated heterocycles. The van der Waals surface area contributed by atoms with Crippen molar-refractivity contribution in [3.63, 3.8) is 0 Å². The summed E-state index contributed by atoms with van der Waals surface area (Å²) in [7, 11) is 0. The van der Waals surface area contributed by atoms with Gasteiger partial charge in [0.1, 0.15) is 18.2 Å². The molecule has 0 spiro atoms. The lowest BCUT2D eigenvalue weighted by atomic mass is 10.2. The molecule has 120 valence electrons. The molecule has 1 N–H and O–H groups in total. The zero-order valence-electron chi connectivity index (χ0n) is 12.6. The first-order valence-electron chi connectivity index (χ1n) is 7.62. The van der Waals surface area contributed by atoms with E-state index in [4.69, 9.17) is 9.47 Å². The Balaban J connectivity index is 1.61. The normalized spacial score (nSPS) is 17.0. The van der Waals surface area contributed by atoms with Crippen LogP contribution in [0.1, 0.15) is 23.2 Å². The fourth-order valence-electron chi connectivity index (χ4n) is 2.46. The average Bonchev–Trinajstić information content (AvgIpc) is 3.07. The fraction of sp³-hybridized carbons (Fsp3) is 0.278. The second-order valence-electron chi connectivity index (χ2n) is 5.44. The van der Waals surface area contributed by atoms with Gasteiger partial charge in [0, 0.05) is 23.9 Å². The van der Waals surface area contributed by atoms with E-state index >= 15 is 0 Å². The molecule has 2 aromatic rings. The van der Waals surface area contributed by atoms with Crippen molar-refractivity contribution in [3.05, 3.63) is 59.9 Å². The number of hydrogen-bond donors (Lipinski definition) is 1. The van der Waals surface area contributed by atoms with Crippen LogP contribution in [-0.2, 0) is 4.74 Å². The molecule has 3 rings (SSSR count). The van der Waals surface area contributed by atoms with Gasteiger partial charge in [0.05, 0.1) is 6.10 Å². The van der Waals surface area contributed by atoms with Gasteiger partial charge in [-0.05, 0) is 43.2 Å². The van der Waals surface area contributed by atoms with Gasteiger partial charge in [-0.2, -0.15) is 0 Å². The average molecular weight is 315 g/mol. The molecular weight excluding hydrogens is 297 g/mol. The lowest BCUT2D eigenvalue weighted by molar-refractivity contribution is 0.0680. The van der Waals surface area contributed by atoms with Crippen LogP contribution in [0.3, 0.4) is 0 Å². The third kappa shape index (κ3) is 4.29. The maximum atomic E-state index is 13.2. The van der Waals surface area contributed by atoms with Gasteiger partial charge in [-0.25, -0.2) is 4.39 Å². The van der Waals surface area contributed by atoms with Crippen LogP contribution in [0, 0.1) is 5.82 Å². The molecule has 0 aromatic heterocycles. The van der Waals surface area contributed by atoms with E-state index in [9.17, 15) is 9.18 Å². The van der Waals surface area contributed by atoms with Gasteiger partial charge in [0.15, 0.2) is 0 Å². The largest absolute Gasteiger partial charge is 0.491 e. The summed E-state index contributed by atoms with van der Waals surface area (Å²) in [4.78, 5) is 12.1. The summed E-state index contributed by atoms with van der Waals surface area (Å²) in [6, 6.07) is 12.7. The third-order valence-corrected chi connectivity index (χ3v) is 3.64. The van der Waals surface area contributed by atoms with Crippen LogP contribution in [0.2, 0.25) is 0 Å². The van der Waals surface area contributed by atoms with Gasteiger partial charge in [-0.3, -0.25) is 4.79 Å². The van der Waals surface area contributed by atoms with E-state index in [0.29, 0.717) is 18.0 Å². The van der Waals surface area contributed by atoms with Crippen LogP contribution in [0.25, 0.3) is 0 Å². The number of halogens is 1. The van der Waals surface area contributed by atoms with Crippen molar-refractivity contribution in [3.8, 4) is 5.75 Å². The van der Waals surface area contributed by atoms with E-state index in [0.717, 1.165) is 19.4 Å². The van der Waals surface area contributed by atoms with Gasteiger partial charge >= 0.3 is 0 Å². The number of hydrogen-bond acceptors (Lipinski definition) is 3. The third-order valence-electron chi connectivity index (χ3n) is 3.64. The van der Waals surface area contributed by atoms with Crippen molar-refractivity contribution in [1.29, 1.82) is 0 Å². The Hall–Kier alpha value is -2.40. The number of carbonyl (C=O) groups excluding carboxylic acids is 1. The molecule has 1 amide bonds. The molecule has 0 radical (unpaired) electrons. The highest BCUT2D eigenvalue weighted by Gasteiger charge is 2.16. The fourth-order valence-corrected chi connectivity index (χ4v) is 2.46. The summed E-state index contributed by atoms with van der Waals surface area (Å²) in [5.41, 5.74) is 0.875. The van der Waals surface area contributed by atoms with Crippen molar-refractivity contribution >= 4 is 11.6 Å². The minimum absolute atomic E-state index is 0.139. The molecule has 2 aromatic carbocycles. The molecule has 1 aliphatic rings. The summed E-state index contributed by atoms with van der Waals surface area (Å²) >= 11 is 0. The summed E-state index contributed by atoms with van der Waals surface area (Å²) < 4.78 is 24.4. The van der Waals surface area contributed by atoms with E-state index in [1.807, 2.05) is 6.07 Å². The van der Waals surface area contributed by atoms with Crippen LogP contribution >= 0.6 is 0 Å². The highest BCUT2D eigenvalue weighted by Crippen LogP contribution is 2.20. The summed E-state index contributed by atoms with van der Waals surface area (Å²) in [5, 5.41) is 2.74. The Labute approximate surface area is 134 Å². The van der Waals surface area contributed by atoms with Gasteiger partial charge in [0.25, 0.3) is 5.91 Å². The van der Waals surface area contributed by atoms with Crippen molar-refractivity contribution in [2.24, 2.45) is 0 Å². The number of ether oxygens (including phenoxy) is 2. The van der Waals surface area contributed by atoms with E-state index < -0.39 is 5.82 Å². The first kappa shape index (κ1) is 15.5. The quantitative estimate of drug-likeness (QED) is 0.916. The van der Waals surface area contributed by atoms with Gasteiger partial charge in [-0.1, -0.05) is 12.1 Å². The van der Waals surface area contributed by atoms with E-state index in [1.54, 1.807) is 24.3 Å². The Bertz CT molecular complexity index is 683. The predicted molar refractivity (Wildman–Crippen MR) is 85.3 cm³/mol. The predicted octanol–water partition coefficient (Wildman–Crippen LogP) is 3.64. The number of benzene rings is 2. The molecule has 0 aliphatic carbocycles. The molecule has 23 heavy (non-hydrogen) atoms. The minimum atomic E-state index is -0.439. The minimum Gasteiger partial charge on any atom is -0.491 e. The van der Waals surface area contributed by atoms with Crippen LogP contribution in [0.5, 0.6) is 5.75 Å². The van der Waals surface area contributed by atoms with Gasteiger partial charge in [-0.15, -0.1) is 0 Å². The zero-order valence-corrected chi connectivity index (χ0v) is 12.6. The van der Waals surface area contributed by atoms with Crippen LogP contribution in [0.4, 0.5) is 10.1 Å². The van der Waals surface area contributed by atoms with Crippen molar-refractivity contribution in [2.75, 3.05) is 18.5 Å². The Morgan fingerprint density at radius 2 is 2.13 bits per heavy atom. The topological polar surface area (TPSA) is 47.6 Å². The summed E-state index contributed by atoms with van der Waals surface area (Å²) in [6.07, 6.45) is 2.22. The molecule has 1 heterocycles. The van der Waals surface area contributed by atoms with Crippen LogP contribution < -0.4 is 10.1 Å². The van der Waals surface area contributed by atoms with E-state index in [2.05, 4.69) is 5.32 Å². The van der Waals surface area contributed by atoms with Gasteiger partial charge in [0.2, 0.25) is 0 Å². The number of anilines is 1. The zero-order chi connectivity index (χ0) is 16.1. The Morgan fingerprint density at radius 3 is 2.91 bits per heavy atom. The van der Waals surface area contributed by atoms with Crippen molar-refractivity contribution in [2.45, 2.75) is 18.9 Å². The number of rotatable bonds is 5. The van der Waals surface area contributed by atoms with Gasteiger partial charge < -0.3 is 14.8 Å². The first-order valence-corrected chi connectivity index (χ1v) is 7.62. The molecule has 1 aliphatic heterocycles. The number of amides is 1. The summed E-state index contributed by atoms with van der Waals surface area (Å²) in [6.45, 7) is 1.29. The molecule has 0 unspecified atom stereocenters. The number of nitrogens with one attached hydrogen (secondary N) is 1. The van der Waals surface area contributed by atoms with Crippen molar-refractivity contribution < 1.29 is 18.7 Å². The highest BCUT2D eigenvalue weighted by atomic mass is 19.1. The van der Waals surface area contributed by atoms with Crippen LogP contribution in [0.15, 0.2) is 48.5 Å². The molecule has 1 atom stereocenters. The second-order valence-corrected chi connectivity index (χ2v) is 5.44. The maximum Gasteiger partial charge on any atom is 0.255 e. The SMILES string of the molecule is O=C(Nc1cccc(OC[C@H]2CCCO2)c1)c1cccc(F)c1.